The molecule has 0 aromatic heterocycles. The van der Waals surface area contributed by atoms with Crippen LogP contribution in [0.5, 0.6) is 0 Å². The number of hydrogen-bond acceptors (Lipinski definition) is 5. The first kappa shape index (κ1) is 24.7. The van der Waals surface area contributed by atoms with Crippen molar-refractivity contribution in [2.45, 2.75) is 72.3 Å². The van der Waals surface area contributed by atoms with E-state index in [0.29, 0.717) is 22.3 Å². The second-order valence-corrected chi connectivity index (χ2v) is 10.9. The van der Waals surface area contributed by atoms with Crippen molar-refractivity contribution in [3.8, 4) is 0 Å². The van der Waals surface area contributed by atoms with Crippen LogP contribution in [-0.4, -0.2) is 34.1 Å². The summed E-state index contributed by atoms with van der Waals surface area (Å²) < 4.78 is 6.27. The van der Waals surface area contributed by atoms with Crippen molar-refractivity contribution in [1.82, 2.24) is 0 Å². The smallest absolute Gasteiger partial charge is 0.219 e. The number of nitrogens with zero attached hydrogens (tertiary/aromatic N) is 1. The van der Waals surface area contributed by atoms with Crippen LogP contribution in [0, 0.1) is 11.8 Å². The lowest BCUT2D eigenvalue weighted by atomic mass is 10.1. The third kappa shape index (κ3) is 9.89. The lowest BCUT2D eigenvalue weighted by molar-refractivity contribution is 0.300. The van der Waals surface area contributed by atoms with Crippen LogP contribution in [-0.2, 0) is 4.74 Å². The van der Waals surface area contributed by atoms with Crippen LogP contribution in [0.15, 0.2) is 39.9 Å². The summed E-state index contributed by atoms with van der Waals surface area (Å²) in [7, 11) is 0. The van der Waals surface area contributed by atoms with Crippen LogP contribution < -0.4 is 0 Å². The van der Waals surface area contributed by atoms with Crippen molar-refractivity contribution in [3.05, 3.63) is 34.9 Å². The van der Waals surface area contributed by atoms with Crippen LogP contribution in [0.2, 0.25) is 0 Å². The van der Waals surface area contributed by atoms with Gasteiger partial charge in [-0.05, 0) is 84.7 Å². The predicted molar refractivity (Wildman–Crippen MR) is 137 cm³/mol. The molecule has 1 aliphatic heterocycles. The number of allylic oxidation sites excluding steroid dienone is 5. The Labute approximate surface area is 192 Å². The molecule has 1 heterocycles. The summed E-state index contributed by atoms with van der Waals surface area (Å²) in [6, 6.07) is 0.459. The maximum absolute atomic E-state index is 5.61. The molecule has 2 nitrogen and oxygen atoms in total. The fraction of sp³-hybridized carbons (Fsp3) is 0.667. The predicted octanol–water partition coefficient (Wildman–Crippen LogP) is 7.61. The molecule has 29 heavy (non-hydrogen) atoms. The van der Waals surface area contributed by atoms with Gasteiger partial charge < -0.3 is 4.74 Å². The minimum absolute atomic E-state index is 0.459. The molecule has 0 radical (unpaired) electrons. The van der Waals surface area contributed by atoms with Crippen LogP contribution >= 0.6 is 35.7 Å². The van der Waals surface area contributed by atoms with E-state index in [-0.39, 0.29) is 0 Å². The first-order valence-corrected chi connectivity index (χ1v) is 13.4. The number of ether oxygens (including phenoxy) is 1. The van der Waals surface area contributed by atoms with Crippen molar-refractivity contribution >= 4 is 45.2 Å². The molecule has 0 aromatic carbocycles. The van der Waals surface area contributed by atoms with Crippen LogP contribution in [0.3, 0.4) is 0 Å². The highest BCUT2D eigenvalue weighted by Crippen LogP contribution is 2.45. The summed E-state index contributed by atoms with van der Waals surface area (Å²) in [5.41, 5.74) is 4.42. The molecule has 1 aliphatic carbocycles. The van der Waals surface area contributed by atoms with Crippen LogP contribution in [0.4, 0.5) is 0 Å². The zero-order valence-electron chi connectivity index (χ0n) is 18.7. The number of thioether (sulfide) groups is 2. The van der Waals surface area contributed by atoms with E-state index in [4.69, 9.17) is 21.9 Å². The molecule has 0 saturated heterocycles. The number of hydrogen-bond donors (Lipinski definition) is 0. The second-order valence-electron chi connectivity index (χ2n) is 8.50. The van der Waals surface area contributed by atoms with E-state index in [1.54, 1.807) is 0 Å². The Balaban J connectivity index is 1.65. The molecule has 1 fully saturated rings. The van der Waals surface area contributed by atoms with E-state index in [0.717, 1.165) is 38.0 Å². The Bertz CT molecular complexity index is 674. The number of thiocarbonyl (C=S) groups is 1. The molecule has 162 valence electrons. The first-order valence-electron chi connectivity index (χ1n) is 10.7. The monoisotopic (exact) mass is 451 g/mol. The Morgan fingerprint density at radius 1 is 1.14 bits per heavy atom. The van der Waals surface area contributed by atoms with E-state index in [2.05, 4.69) is 45.9 Å². The highest BCUT2D eigenvalue weighted by atomic mass is 32.2. The Hall–Kier alpha value is -0.520. The molecule has 2 aliphatic rings. The normalized spacial score (nSPS) is 24.3. The summed E-state index contributed by atoms with van der Waals surface area (Å²) in [6.07, 6.45) is 16.1. The van der Waals surface area contributed by atoms with Crippen molar-refractivity contribution < 1.29 is 4.74 Å². The number of rotatable bonds is 11. The van der Waals surface area contributed by atoms with Gasteiger partial charge in [-0.15, -0.1) is 11.8 Å². The van der Waals surface area contributed by atoms with Gasteiger partial charge in [0.25, 0.3) is 0 Å². The molecule has 0 spiro atoms. The fourth-order valence-corrected chi connectivity index (χ4v) is 4.96. The van der Waals surface area contributed by atoms with Gasteiger partial charge in [-0.25, -0.2) is 0 Å². The molecule has 0 unspecified atom stereocenters. The minimum Gasteiger partial charge on any atom is -0.478 e. The molecule has 0 aromatic rings. The Morgan fingerprint density at radius 3 is 2.52 bits per heavy atom. The molecule has 2 rings (SSSR count). The molecular formula is C24H37NOS3. The van der Waals surface area contributed by atoms with Gasteiger partial charge in [0.2, 0.25) is 4.38 Å². The van der Waals surface area contributed by atoms with Gasteiger partial charge in [0.05, 0.1) is 17.7 Å². The number of aliphatic imine (C=N–C) groups is 1. The van der Waals surface area contributed by atoms with E-state index in [1.165, 1.54) is 46.4 Å². The Kier molecular flexibility index (Phi) is 11.1. The SMILES string of the molecule is CSC(=S)OC[C@H]1C[C@H]1C1=N[C@H](C/C=C(\C)CC/C=C(\C)CCC=C(C)C)CS1. The topological polar surface area (TPSA) is 21.6 Å². The van der Waals surface area contributed by atoms with Gasteiger partial charge in [0.15, 0.2) is 0 Å². The maximum Gasteiger partial charge on any atom is 0.219 e. The van der Waals surface area contributed by atoms with Crippen LogP contribution in [0.1, 0.15) is 66.2 Å². The van der Waals surface area contributed by atoms with Gasteiger partial charge in [-0.3, -0.25) is 4.99 Å². The quantitative estimate of drug-likeness (QED) is 0.238. The van der Waals surface area contributed by atoms with E-state index < -0.39 is 0 Å². The molecule has 5 heteroatoms. The van der Waals surface area contributed by atoms with Gasteiger partial charge in [-0.2, -0.15) is 0 Å². The van der Waals surface area contributed by atoms with Gasteiger partial charge >= 0.3 is 0 Å². The largest absolute Gasteiger partial charge is 0.478 e. The van der Waals surface area contributed by atoms with Crippen LogP contribution in [0.25, 0.3) is 0 Å². The van der Waals surface area contributed by atoms with Crippen molar-refractivity contribution in [2.75, 3.05) is 18.6 Å². The van der Waals surface area contributed by atoms with Gasteiger partial charge in [-0.1, -0.05) is 46.7 Å². The first-order chi connectivity index (χ1) is 13.9. The second kappa shape index (κ2) is 13.0. The highest BCUT2D eigenvalue weighted by Gasteiger charge is 2.43. The third-order valence-electron chi connectivity index (χ3n) is 5.42. The van der Waals surface area contributed by atoms with Crippen molar-refractivity contribution in [2.24, 2.45) is 16.8 Å². The van der Waals surface area contributed by atoms with E-state index in [9.17, 15) is 0 Å². The molecular weight excluding hydrogens is 414 g/mol. The summed E-state index contributed by atoms with van der Waals surface area (Å²) in [4.78, 5) is 5.00. The lowest BCUT2D eigenvalue weighted by Crippen LogP contribution is -2.04. The Morgan fingerprint density at radius 2 is 1.83 bits per heavy atom. The highest BCUT2D eigenvalue weighted by molar-refractivity contribution is 8.22. The van der Waals surface area contributed by atoms with E-state index >= 15 is 0 Å². The molecule has 0 N–H and O–H groups in total. The standard InChI is InChI=1S/C24H37NOS3/c1-17(2)8-6-9-18(3)10-7-11-19(4)12-13-21-16-29-23(25-21)22-14-20(22)15-26-24(27)28-5/h8,10,12,20-22H,6-7,9,11,13-16H2,1-5H3/b18-10+,19-12+/t20-,21-,22-/m1/s1. The van der Waals surface area contributed by atoms with E-state index in [1.807, 2.05) is 18.0 Å². The summed E-state index contributed by atoms with van der Waals surface area (Å²) in [5.74, 6) is 2.38. The average Bonchev–Trinajstić information content (AvgIpc) is 3.31. The third-order valence-corrected chi connectivity index (χ3v) is 7.74. The zero-order valence-corrected chi connectivity index (χ0v) is 21.2. The zero-order chi connectivity index (χ0) is 21.2. The summed E-state index contributed by atoms with van der Waals surface area (Å²) in [6.45, 7) is 9.62. The molecule has 1 saturated carbocycles. The summed E-state index contributed by atoms with van der Waals surface area (Å²) >= 11 is 8.59. The molecule has 3 atom stereocenters. The molecule has 0 amide bonds. The van der Waals surface area contributed by atoms with Crippen molar-refractivity contribution in [1.29, 1.82) is 0 Å². The average molecular weight is 452 g/mol. The molecule has 0 bridgehead atoms. The van der Waals surface area contributed by atoms with Gasteiger partial charge in [0.1, 0.15) is 0 Å². The van der Waals surface area contributed by atoms with Gasteiger partial charge in [0, 0.05) is 17.6 Å². The maximum atomic E-state index is 5.61. The fourth-order valence-electron chi connectivity index (χ4n) is 3.40. The lowest BCUT2D eigenvalue weighted by Gasteiger charge is -2.04. The minimum atomic E-state index is 0.459. The van der Waals surface area contributed by atoms with Crippen molar-refractivity contribution in [3.63, 3.8) is 0 Å². The summed E-state index contributed by atoms with van der Waals surface area (Å²) in [5, 5.41) is 1.36.